The summed E-state index contributed by atoms with van der Waals surface area (Å²) in [5.74, 6) is 0.114. The molecule has 1 unspecified atom stereocenters. The van der Waals surface area contributed by atoms with E-state index in [0.717, 1.165) is 42.6 Å². The van der Waals surface area contributed by atoms with Crippen LogP contribution in [-0.4, -0.2) is 69.1 Å². The van der Waals surface area contributed by atoms with Crippen molar-refractivity contribution in [1.82, 2.24) is 10.2 Å². The van der Waals surface area contributed by atoms with Crippen LogP contribution < -0.4 is 15.1 Å². The standard InChI is InChI=1S/C19H29ClN4O2/c1-15(2)21-18(25)13-22(3)14-19(26)24-9-7-23(8-10-24)12-16-5-4-6-17(20)11-16/h4-6,11,15H,7-10,12-14H2,1-3H3,(H,21,25)/p+2. The normalized spacial score (nSPS) is 16.6. The first-order chi connectivity index (χ1) is 12.3. The van der Waals surface area contributed by atoms with Crippen LogP contribution in [0.5, 0.6) is 0 Å². The Morgan fingerprint density at radius 3 is 2.58 bits per heavy atom. The van der Waals surface area contributed by atoms with E-state index in [1.54, 1.807) is 0 Å². The van der Waals surface area contributed by atoms with Crippen LogP contribution in [0.2, 0.25) is 5.02 Å². The molecule has 0 radical (unpaired) electrons. The quantitative estimate of drug-likeness (QED) is 0.543. The molecular weight excluding hydrogens is 352 g/mol. The average molecular weight is 383 g/mol. The van der Waals surface area contributed by atoms with Gasteiger partial charge in [-0.1, -0.05) is 23.7 Å². The number of hydrogen-bond acceptors (Lipinski definition) is 2. The van der Waals surface area contributed by atoms with E-state index in [1.165, 1.54) is 10.5 Å². The Hall–Kier alpha value is -1.63. The molecule has 1 aromatic carbocycles. The summed E-state index contributed by atoms with van der Waals surface area (Å²) in [7, 11) is 1.89. The van der Waals surface area contributed by atoms with Gasteiger partial charge in [-0.15, -0.1) is 0 Å². The van der Waals surface area contributed by atoms with Crippen molar-refractivity contribution in [2.45, 2.75) is 26.4 Å². The van der Waals surface area contributed by atoms with Crippen molar-refractivity contribution in [3.8, 4) is 0 Å². The first-order valence-corrected chi connectivity index (χ1v) is 9.67. The smallest absolute Gasteiger partial charge is 0.278 e. The van der Waals surface area contributed by atoms with Crippen molar-refractivity contribution in [2.24, 2.45) is 0 Å². The molecule has 1 aliphatic heterocycles. The van der Waals surface area contributed by atoms with Gasteiger partial charge in [-0.3, -0.25) is 9.59 Å². The average Bonchev–Trinajstić information content (AvgIpc) is 2.54. The number of carbonyl (C=O) groups excluding carboxylic acids is 2. The third-order valence-electron chi connectivity index (χ3n) is 4.53. The molecule has 1 aliphatic rings. The summed E-state index contributed by atoms with van der Waals surface area (Å²) in [6.45, 7) is 8.88. The summed E-state index contributed by atoms with van der Waals surface area (Å²) in [6.07, 6.45) is 0. The van der Waals surface area contributed by atoms with Crippen LogP contribution in [0.25, 0.3) is 0 Å². The lowest BCUT2D eigenvalue weighted by Crippen LogP contribution is -3.14. The Bertz CT molecular complexity index is 615. The molecule has 6 nitrogen and oxygen atoms in total. The molecule has 0 saturated carbocycles. The topological polar surface area (TPSA) is 58.3 Å². The summed E-state index contributed by atoms with van der Waals surface area (Å²) in [6, 6.07) is 8.09. The van der Waals surface area contributed by atoms with Gasteiger partial charge in [0.1, 0.15) is 6.54 Å². The zero-order chi connectivity index (χ0) is 19.1. The number of carbonyl (C=O) groups is 2. The Kier molecular flexibility index (Phi) is 7.87. The molecule has 0 aromatic heterocycles. The van der Waals surface area contributed by atoms with Crippen LogP contribution in [-0.2, 0) is 16.1 Å². The number of quaternary nitrogens is 2. The lowest BCUT2D eigenvalue weighted by molar-refractivity contribution is -0.917. The van der Waals surface area contributed by atoms with E-state index in [4.69, 9.17) is 11.6 Å². The van der Waals surface area contributed by atoms with Gasteiger partial charge in [-0.05, 0) is 26.0 Å². The first kappa shape index (κ1) is 20.7. The predicted molar refractivity (Wildman–Crippen MR) is 102 cm³/mol. The van der Waals surface area contributed by atoms with Crippen molar-refractivity contribution in [1.29, 1.82) is 0 Å². The lowest BCUT2D eigenvalue weighted by Gasteiger charge is -2.32. The molecule has 0 bridgehead atoms. The summed E-state index contributed by atoms with van der Waals surface area (Å²) in [5, 5.41) is 3.63. The number of likely N-dealkylation sites (N-methyl/N-ethyl adjacent to an activating group) is 1. The molecule has 0 spiro atoms. The van der Waals surface area contributed by atoms with E-state index in [-0.39, 0.29) is 17.9 Å². The van der Waals surface area contributed by atoms with Crippen LogP contribution in [0.1, 0.15) is 19.4 Å². The summed E-state index contributed by atoms with van der Waals surface area (Å²) < 4.78 is 0. The minimum Gasteiger partial charge on any atom is -0.349 e. The third-order valence-corrected chi connectivity index (χ3v) is 4.77. The summed E-state index contributed by atoms with van der Waals surface area (Å²) in [5.41, 5.74) is 1.23. The number of nitrogens with zero attached hydrogens (tertiary/aromatic N) is 1. The van der Waals surface area contributed by atoms with E-state index >= 15 is 0 Å². The van der Waals surface area contributed by atoms with Gasteiger partial charge in [0.25, 0.3) is 11.8 Å². The highest BCUT2D eigenvalue weighted by atomic mass is 35.5. The molecular formula is C19H31ClN4O2+2. The van der Waals surface area contributed by atoms with Crippen LogP contribution in [0.3, 0.4) is 0 Å². The maximum absolute atomic E-state index is 12.5. The second kappa shape index (κ2) is 9.90. The number of nitrogens with one attached hydrogen (secondary N) is 3. The van der Waals surface area contributed by atoms with E-state index in [9.17, 15) is 9.59 Å². The fraction of sp³-hybridized carbons (Fsp3) is 0.579. The Balaban J connectivity index is 1.73. The highest BCUT2D eigenvalue weighted by Crippen LogP contribution is 2.09. The maximum atomic E-state index is 12.5. The molecule has 1 heterocycles. The van der Waals surface area contributed by atoms with Gasteiger partial charge < -0.3 is 20.0 Å². The van der Waals surface area contributed by atoms with Crippen LogP contribution >= 0.6 is 11.6 Å². The van der Waals surface area contributed by atoms with Gasteiger partial charge in [-0.25, -0.2) is 0 Å². The zero-order valence-corrected chi connectivity index (χ0v) is 16.7. The number of benzene rings is 1. The number of piperazine rings is 1. The molecule has 144 valence electrons. The van der Waals surface area contributed by atoms with E-state index in [2.05, 4.69) is 11.4 Å². The van der Waals surface area contributed by atoms with Gasteiger partial charge in [0.15, 0.2) is 13.1 Å². The molecule has 2 rings (SSSR count). The van der Waals surface area contributed by atoms with Gasteiger partial charge in [0, 0.05) is 16.6 Å². The van der Waals surface area contributed by atoms with Crippen LogP contribution in [0.4, 0.5) is 0 Å². The predicted octanol–water partition coefficient (Wildman–Crippen LogP) is -1.39. The molecule has 0 aliphatic carbocycles. The lowest BCUT2D eigenvalue weighted by atomic mass is 10.2. The maximum Gasteiger partial charge on any atom is 0.278 e. The number of hydrogen-bond donors (Lipinski definition) is 3. The summed E-state index contributed by atoms with van der Waals surface area (Å²) in [4.78, 5) is 28.6. The number of halogens is 1. The van der Waals surface area contributed by atoms with Crippen molar-refractivity contribution >= 4 is 23.4 Å². The molecule has 1 saturated heterocycles. The Labute approximate surface area is 161 Å². The molecule has 1 fully saturated rings. The SMILES string of the molecule is CC(C)NC(=O)C[NH+](C)CC(=O)N1CC[NH+](Cc2cccc(Cl)c2)CC1. The van der Waals surface area contributed by atoms with Crippen molar-refractivity contribution < 1.29 is 19.4 Å². The zero-order valence-electron chi connectivity index (χ0n) is 16.0. The monoisotopic (exact) mass is 382 g/mol. The van der Waals surface area contributed by atoms with E-state index < -0.39 is 0 Å². The highest BCUT2D eigenvalue weighted by molar-refractivity contribution is 6.30. The van der Waals surface area contributed by atoms with Gasteiger partial charge in [0.05, 0.1) is 33.2 Å². The van der Waals surface area contributed by atoms with E-state index in [0.29, 0.717) is 13.1 Å². The van der Waals surface area contributed by atoms with Crippen molar-refractivity contribution in [3.63, 3.8) is 0 Å². The first-order valence-electron chi connectivity index (χ1n) is 9.30. The fourth-order valence-corrected chi connectivity index (χ4v) is 3.48. The second-order valence-corrected chi connectivity index (χ2v) is 7.91. The second-order valence-electron chi connectivity index (χ2n) is 7.47. The molecule has 3 N–H and O–H groups in total. The van der Waals surface area contributed by atoms with E-state index in [1.807, 2.05) is 44.0 Å². The van der Waals surface area contributed by atoms with Crippen molar-refractivity contribution in [3.05, 3.63) is 34.9 Å². The largest absolute Gasteiger partial charge is 0.349 e. The molecule has 26 heavy (non-hydrogen) atoms. The number of amides is 2. The van der Waals surface area contributed by atoms with Crippen LogP contribution in [0.15, 0.2) is 24.3 Å². The summed E-state index contributed by atoms with van der Waals surface area (Å²) >= 11 is 6.05. The molecule has 7 heteroatoms. The Morgan fingerprint density at radius 1 is 1.27 bits per heavy atom. The third kappa shape index (κ3) is 6.94. The minimum atomic E-state index is -0.0129. The van der Waals surface area contributed by atoms with Gasteiger partial charge in [-0.2, -0.15) is 0 Å². The Morgan fingerprint density at radius 2 is 1.96 bits per heavy atom. The van der Waals surface area contributed by atoms with Crippen molar-refractivity contribution in [2.75, 3.05) is 46.3 Å². The molecule has 2 amide bonds. The number of rotatable bonds is 7. The van der Waals surface area contributed by atoms with Gasteiger partial charge in [0.2, 0.25) is 0 Å². The highest BCUT2D eigenvalue weighted by Gasteiger charge is 2.26. The molecule has 1 aromatic rings. The van der Waals surface area contributed by atoms with Gasteiger partial charge >= 0.3 is 0 Å². The minimum absolute atomic E-state index is 0.0129. The van der Waals surface area contributed by atoms with Crippen LogP contribution in [0, 0.1) is 0 Å². The molecule has 1 atom stereocenters. The fourth-order valence-electron chi connectivity index (χ4n) is 3.26.